The SMILES string of the molecule is CN=C(NCCNC(=O)C(C)C)NCC(C)Oc1ccccc1OC. The molecule has 1 rings (SSSR count). The molecule has 0 aliphatic rings. The first-order valence-corrected chi connectivity index (χ1v) is 8.49. The highest BCUT2D eigenvalue weighted by Gasteiger charge is 2.09. The molecule has 0 saturated carbocycles. The summed E-state index contributed by atoms with van der Waals surface area (Å²) in [6.07, 6.45) is -0.0736. The van der Waals surface area contributed by atoms with Gasteiger partial charge in [0.15, 0.2) is 17.5 Å². The summed E-state index contributed by atoms with van der Waals surface area (Å²) in [7, 11) is 3.32. The van der Waals surface area contributed by atoms with Crippen molar-refractivity contribution in [1.82, 2.24) is 16.0 Å². The van der Waals surface area contributed by atoms with Crippen molar-refractivity contribution in [3.8, 4) is 11.5 Å². The fourth-order valence-electron chi connectivity index (χ4n) is 2.01. The normalized spacial score (nSPS) is 12.5. The number of nitrogens with one attached hydrogen (secondary N) is 3. The van der Waals surface area contributed by atoms with Crippen molar-refractivity contribution in [2.24, 2.45) is 10.9 Å². The lowest BCUT2D eigenvalue weighted by Crippen LogP contribution is -2.44. The number of nitrogens with zero attached hydrogens (tertiary/aromatic N) is 1. The summed E-state index contributed by atoms with van der Waals surface area (Å²) in [5, 5.41) is 9.20. The molecule has 3 N–H and O–H groups in total. The number of benzene rings is 1. The fraction of sp³-hybridized carbons (Fsp3) is 0.556. The molecule has 140 valence electrons. The van der Waals surface area contributed by atoms with Crippen molar-refractivity contribution in [3.63, 3.8) is 0 Å². The Morgan fingerprint density at radius 1 is 1.08 bits per heavy atom. The van der Waals surface area contributed by atoms with Crippen LogP contribution in [0.25, 0.3) is 0 Å². The smallest absolute Gasteiger partial charge is 0.222 e. The van der Waals surface area contributed by atoms with E-state index in [1.165, 1.54) is 0 Å². The molecule has 7 heteroatoms. The molecule has 1 aromatic carbocycles. The summed E-state index contributed by atoms with van der Waals surface area (Å²) in [5.74, 6) is 2.11. The number of methoxy groups -OCH3 is 1. The lowest BCUT2D eigenvalue weighted by Gasteiger charge is -2.19. The number of ether oxygens (including phenoxy) is 2. The van der Waals surface area contributed by atoms with Gasteiger partial charge in [-0.1, -0.05) is 26.0 Å². The maximum atomic E-state index is 11.5. The number of hydrogen-bond acceptors (Lipinski definition) is 4. The van der Waals surface area contributed by atoms with Gasteiger partial charge in [0.25, 0.3) is 0 Å². The van der Waals surface area contributed by atoms with Gasteiger partial charge in [-0.25, -0.2) is 0 Å². The van der Waals surface area contributed by atoms with Crippen molar-refractivity contribution in [1.29, 1.82) is 0 Å². The quantitative estimate of drug-likeness (QED) is 0.356. The van der Waals surface area contributed by atoms with Crippen LogP contribution in [-0.2, 0) is 4.79 Å². The minimum atomic E-state index is -0.0736. The van der Waals surface area contributed by atoms with Gasteiger partial charge < -0.3 is 25.4 Å². The van der Waals surface area contributed by atoms with Crippen LogP contribution in [0.2, 0.25) is 0 Å². The first-order chi connectivity index (χ1) is 12.0. The lowest BCUT2D eigenvalue weighted by molar-refractivity contribution is -0.123. The zero-order chi connectivity index (χ0) is 18.7. The predicted molar refractivity (Wildman–Crippen MR) is 100 cm³/mol. The average molecular weight is 350 g/mol. The first-order valence-electron chi connectivity index (χ1n) is 8.49. The van der Waals surface area contributed by atoms with E-state index in [4.69, 9.17) is 9.47 Å². The van der Waals surface area contributed by atoms with Crippen molar-refractivity contribution in [2.45, 2.75) is 26.9 Å². The predicted octanol–water partition coefficient (Wildman–Crippen LogP) is 1.40. The van der Waals surface area contributed by atoms with E-state index in [2.05, 4.69) is 20.9 Å². The molecule has 1 amide bonds. The molecule has 0 heterocycles. The third kappa shape index (κ3) is 7.78. The molecule has 0 aliphatic carbocycles. The number of aliphatic imine (C=N–C) groups is 1. The highest BCUT2D eigenvalue weighted by atomic mass is 16.5. The van der Waals surface area contributed by atoms with E-state index >= 15 is 0 Å². The van der Waals surface area contributed by atoms with Gasteiger partial charge in [0.05, 0.1) is 13.7 Å². The second kappa shape index (κ2) is 11.2. The van der Waals surface area contributed by atoms with Gasteiger partial charge in [-0.05, 0) is 19.1 Å². The van der Waals surface area contributed by atoms with E-state index < -0.39 is 0 Å². The molecule has 1 unspecified atom stereocenters. The Morgan fingerprint density at radius 2 is 1.72 bits per heavy atom. The molecule has 0 bridgehead atoms. The molecule has 0 aliphatic heterocycles. The lowest BCUT2D eigenvalue weighted by atomic mass is 10.2. The van der Waals surface area contributed by atoms with E-state index in [-0.39, 0.29) is 17.9 Å². The van der Waals surface area contributed by atoms with E-state index in [9.17, 15) is 4.79 Å². The molecular weight excluding hydrogens is 320 g/mol. The Balaban J connectivity index is 2.33. The number of guanidine groups is 1. The number of amides is 1. The molecule has 0 radical (unpaired) electrons. The van der Waals surface area contributed by atoms with E-state index in [1.54, 1.807) is 14.2 Å². The highest BCUT2D eigenvalue weighted by Crippen LogP contribution is 2.26. The zero-order valence-electron chi connectivity index (χ0n) is 15.8. The molecule has 1 atom stereocenters. The molecular formula is C18H30N4O3. The van der Waals surface area contributed by atoms with Crippen molar-refractivity contribution in [2.75, 3.05) is 33.8 Å². The van der Waals surface area contributed by atoms with Gasteiger partial charge >= 0.3 is 0 Å². The number of para-hydroxylation sites is 2. The van der Waals surface area contributed by atoms with Crippen molar-refractivity contribution >= 4 is 11.9 Å². The molecule has 0 spiro atoms. The zero-order valence-corrected chi connectivity index (χ0v) is 15.8. The van der Waals surface area contributed by atoms with Gasteiger partial charge in [0.2, 0.25) is 5.91 Å². The number of carbonyl (C=O) groups excluding carboxylic acids is 1. The van der Waals surface area contributed by atoms with Gasteiger partial charge in [-0.3, -0.25) is 9.79 Å². The minimum absolute atomic E-state index is 0.00888. The van der Waals surface area contributed by atoms with Crippen LogP contribution in [-0.4, -0.2) is 51.8 Å². The van der Waals surface area contributed by atoms with E-state index in [0.29, 0.717) is 37.1 Å². The van der Waals surface area contributed by atoms with Crippen LogP contribution in [0.1, 0.15) is 20.8 Å². The number of hydrogen-bond donors (Lipinski definition) is 3. The summed E-state index contributed by atoms with van der Waals surface area (Å²) >= 11 is 0. The van der Waals surface area contributed by atoms with E-state index in [1.807, 2.05) is 45.0 Å². The molecule has 0 fully saturated rings. The average Bonchev–Trinajstić information content (AvgIpc) is 2.61. The Morgan fingerprint density at radius 3 is 2.32 bits per heavy atom. The van der Waals surface area contributed by atoms with Crippen LogP contribution in [0.3, 0.4) is 0 Å². The Bertz CT molecular complexity index is 561. The van der Waals surface area contributed by atoms with E-state index in [0.717, 1.165) is 0 Å². The number of carbonyl (C=O) groups is 1. The second-order valence-corrected chi connectivity index (χ2v) is 5.90. The Kier molecular flexibility index (Phi) is 9.21. The number of rotatable bonds is 9. The third-order valence-electron chi connectivity index (χ3n) is 3.42. The largest absolute Gasteiger partial charge is 0.493 e. The molecule has 1 aromatic rings. The van der Waals surface area contributed by atoms with Crippen molar-refractivity contribution < 1.29 is 14.3 Å². The maximum absolute atomic E-state index is 11.5. The Labute approximate surface area is 150 Å². The Hall–Kier alpha value is -2.44. The summed E-state index contributed by atoms with van der Waals surface area (Å²) in [4.78, 5) is 15.6. The van der Waals surface area contributed by atoms with Crippen LogP contribution in [0.5, 0.6) is 11.5 Å². The van der Waals surface area contributed by atoms with Crippen molar-refractivity contribution in [3.05, 3.63) is 24.3 Å². The van der Waals surface area contributed by atoms with Crippen LogP contribution in [0, 0.1) is 5.92 Å². The topological polar surface area (TPSA) is 84.0 Å². The van der Waals surface area contributed by atoms with Crippen LogP contribution < -0.4 is 25.4 Å². The van der Waals surface area contributed by atoms with Gasteiger partial charge in [0.1, 0.15) is 6.10 Å². The van der Waals surface area contributed by atoms with Gasteiger partial charge in [-0.15, -0.1) is 0 Å². The fourth-order valence-corrected chi connectivity index (χ4v) is 2.01. The standard InChI is InChI=1S/C18H30N4O3/c1-13(2)17(23)20-10-11-21-18(19-4)22-12-14(3)25-16-9-7-6-8-15(16)24-5/h6-9,13-14H,10-12H2,1-5H3,(H,20,23)(H2,19,21,22). The first kappa shape index (κ1) is 20.6. The minimum Gasteiger partial charge on any atom is -0.493 e. The van der Waals surface area contributed by atoms with Crippen LogP contribution in [0.15, 0.2) is 29.3 Å². The van der Waals surface area contributed by atoms with Gasteiger partial charge in [-0.2, -0.15) is 0 Å². The maximum Gasteiger partial charge on any atom is 0.222 e. The van der Waals surface area contributed by atoms with Gasteiger partial charge in [0, 0.05) is 26.1 Å². The summed E-state index contributed by atoms with van der Waals surface area (Å²) in [6, 6.07) is 7.55. The van der Waals surface area contributed by atoms with Crippen LogP contribution in [0.4, 0.5) is 0 Å². The molecule has 0 saturated heterocycles. The molecule has 7 nitrogen and oxygen atoms in total. The molecule has 0 aromatic heterocycles. The monoisotopic (exact) mass is 350 g/mol. The summed E-state index contributed by atoms with van der Waals surface area (Å²) < 4.78 is 11.2. The summed E-state index contributed by atoms with van der Waals surface area (Å²) in [5.41, 5.74) is 0. The second-order valence-electron chi connectivity index (χ2n) is 5.90. The third-order valence-corrected chi connectivity index (χ3v) is 3.42. The molecule has 25 heavy (non-hydrogen) atoms. The van der Waals surface area contributed by atoms with Crippen LogP contribution >= 0.6 is 0 Å². The highest BCUT2D eigenvalue weighted by molar-refractivity contribution is 5.80. The summed E-state index contributed by atoms with van der Waals surface area (Å²) in [6.45, 7) is 7.43.